The minimum atomic E-state index is -0.0203. The minimum Gasteiger partial charge on any atom is -0.318 e. The molecule has 0 bridgehead atoms. The molecule has 1 N–H and O–H groups in total. The van der Waals surface area contributed by atoms with E-state index in [9.17, 15) is 4.79 Å². The number of rotatable bonds is 3. The van der Waals surface area contributed by atoms with E-state index in [2.05, 4.69) is 23.5 Å². The van der Waals surface area contributed by atoms with Crippen LogP contribution in [0.5, 0.6) is 0 Å². The monoisotopic (exact) mass is 231 g/mol. The zero-order chi connectivity index (χ0) is 11.4. The van der Waals surface area contributed by atoms with Crippen molar-refractivity contribution in [1.82, 2.24) is 0 Å². The Kier molecular flexibility index (Phi) is 3.37. The lowest BCUT2D eigenvalue weighted by atomic mass is 10.1. The lowest BCUT2D eigenvalue weighted by molar-refractivity contribution is -0.114. The average molecular weight is 231 g/mol. The van der Waals surface area contributed by atoms with Gasteiger partial charge in [-0.3, -0.25) is 4.79 Å². The first-order chi connectivity index (χ1) is 7.74. The highest BCUT2D eigenvalue weighted by Gasteiger charge is 2.02. The Morgan fingerprint density at radius 1 is 1.19 bits per heavy atom. The molecule has 1 heterocycles. The first-order valence-electron chi connectivity index (χ1n) is 5.14. The van der Waals surface area contributed by atoms with E-state index in [1.54, 1.807) is 11.3 Å². The molecule has 0 radical (unpaired) electrons. The van der Waals surface area contributed by atoms with Gasteiger partial charge in [-0.15, -0.1) is 11.3 Å². The maximum atomic E-state index is 10.9. The van der Waals surface area contributed by atoms with Crippen LogP contribution in [-0.2, 0) is 11.2 Å². The van der Waals surface area contributed by atoms with Crippen molar-refractivity contribution in [2.75, 3.05) is 5.32 Å². The fourth-order valence-electron chi connectivity index (χ4n) is 1.51. The number of nitrogens with one attached hydrogen (secondary N) is 1. The highest BCUT2D eigenvalue weighted by atomic mass is 32.1. The highest BCUT2D eigenvalue weighted by molar-refractivity contribution is 7.16. The molecule has 0 aliphatic rings. The van der Waals surface area contributed by atoms with Crippen LogP contribution in [-0.4, -0.2) is 5.91 Å². The number of hydrogen-bond acceptors (Lipinski definition) is 2. The molecule has 0 fully saturated rings. The van der Waals surface area contributed by atoms with Crippen LogP contribution in [0.4, 0.5) is 5.00 Å². The van der Waals surface area contributed by atoms with Crippen LogP contribution in [0.1, 0.15) is 17.4 Å². The van der Waals surface area contributed by atoms with Crippen molar-refractivity contribution in [3.8, 4) is 0 Å². The summed E-state index contributed by atoms with van der Waals surface area (Å²) >= 11 is 1.62. The second-order valence-corrected chi connectivity index (χ2v) is 4.78. The van der Waals surface area contributed by atoms with Crippen LogP contribution >= 0.6 is 11.3 Å². The van der Waals surface area contributed by atoms with Gasteiger partial charge in [0.15, 0.2) is 0 Å². The van der Waals surface area contributed by atoms with Crippen molar-refractivity contribution in [3.63, 3.8) is 0 Å². The van der Waals surface area contributed by atoms with Crippen LogP contribution in [0, 0.1) is 0 Å². The van der Waals surface area contributed by atoms with Gasteiger partial charge in [0.05, 0.1) is 5.00 Å². The maximum Gasteiger partial charge on any atom is 0.221 e. The van der Waals surface area contributed by atoms with E-state index in [4.69, 9.17) is 0 Å². The Bertz CT molecular complexity index is 476. The molecule has 0 aliphatic carbocycles. The zero-order valence-electron chi connectivity index (χ0n) is 9.07. The molecule has 82 valence electrons. The van der Waals surface area contributed by atoms with E-state index in [1.807, 2.05) is 24.3 Å². The van der Waals surface area contributed by atoms with Crippen molar-refractivity contribution in [2.45, 2.75) is 13.3 Å². The standard InChI is InChI=1S/C13H13NOS/c1-10(15)14-13-8-7-12(16-13)9-11-5-3-2-4-6-11/h2-8H,9H2,1H3,(H,14,15). The fourth-order valence-corrected chi connectivity index (χ4v) is 2.50. The average Bonchev–Trinajstić information content (AvgIpc) is 2.66. The summed E-state index contributed by atoms with van der Waals surface area (Å²) < 4.78 is 0. The van der Waals surface area contributed by atoms with Gasteiger partial charge in [-0.05, 0) is 17.7 Å². The number of carbonyl (C=O) groups excluding carboxylic acids is 1. The van der Waals surface area contributed by atoms with E-state index in [0.29, 0.717) is 0 Å². The minimum absolute atomic E-state index is 0.0203. The van der Waals surface area contributed by atoms with Gasteiger partial charge < -0.3 is 5.32 Å². The number of benzene rings is 1. The van der Waals surface area contributed by atoms with Gasteiger partial charge in [0, 0.05) is 18.2 Å². The van der Waals surface area contributed by atoms with E-state index in [1.165, 1.54) is 17.4 Å². The molecular weight excluding hydrogens is 218 g/mol. The van der Waals surface area contributed by atoms with Crippen LogP contribution in [0.15, 0.2) is 42.5 Å². The topological polar surface area (TPSA) is 29.1 Å². The van der Waals surface area contributed by atoms with Gasteiger partial charge >= 0.3 is 0 Å². The molecule has 0 atom stereocenters. The summed E-state index contributed by atoms with van der Waals surface area (Å²) in [5, 5.41) is 3.71. The van der Waals surface area contributed by atoms with Gasteiger partial charge in [0.1, 0.15) is 0 Å². The lowest BCUT2D eigenvalue weighted by Crippen LogP contribution is -2.03. The van der Waals surface area contributed by atoms with Crippen LogP contribution in [0.25, 0.3) is 0 Å². The summed E-state index contributed by atoms with van der Waals surface area (Å²) in [5.74, 6) is -0.0203. The highest BCUT2D eigenvalue weighted by Crippen LogP contribution is 2.24. The molecule has 2 aromatic rings. The number of thiophene rings is 1. The molecule has 0 saturated heterocycles. The molecule has 16 heavy (non-hydrogen) atoms. The molecule has 0 saturated carbocycles. The Labute approximate surface area is 98.9 Å². The quantitative estimate of drug-likeness (QED) is 0.862. The zero-order valence-corrected chi connectivity index (χ0v) is 9.88. The molecule has 0 spiro atoms. The predicted octanol–water partition coefficient (Wildman–Crippen LogP) is 3.30. The number of amides is 1. The summed E-state index contributed by atoms with van der Waals surface area (Å²) in [6.07, 6.45) is 0.922. The lowest BCUT2D eigenvalue weighted by Gasteiger charge is -1.97. The first-order valence-corrected chi connectivity index (χ1v) is 5.96. The normalized spacial score (nSPS) is 10.1. The van der Waals surface area contributed by atoms with Crippen molar-refractivity contribution in [3.05, 3.63) is 52.9 Å². The largest absolute Gasteiger partial charge is 0.318 e. The summed E-state index contributed by atoms with van der Waals surface area (Å²) in [5.41, 5.74) is 1.29. The van der Waals surface area contributed by atoms with E-state index < -0.39 is 0 Å². The van der Waals surface area contributed by atoms with E-state index in [-0.39, 0.29) is 5.91 Å². The van der Waals surface area contributed by atoms with Crippen LogP contribution in [0.2, 0.25) is 0 Å². The maximum absolute atomic E-state index is 10.9. The van der Waals surface area contributed by atoms with Gasteiger partial charge in [-0.25, -0.2) is 0 Å². The third-order valence-corrected chi connectivity index (χ3v) is 3.18. The summed E-state index contributed by atoms with van der Waals surface area (Å²) in [7, 11) is 0. The summed E-state index contributed by atoms with van der Waals surface area (Å²) in [4.78, 5) is 12.1. The molecule has 0 aliphatic heterocycles. The van der Waals surface area contributed by atoms with Crippen molar-refractivity contribution in [2.24, 2.45) is 0 Å². The van der Waals surface area contributed by atoms with Crippen molar-refractivity contribution < 1.29 is 4.79 Å². The molecule has 3 heteroatoms. The Morgan fingerprint density at radius 3 is 2.62 bits per heavy atom. The molecule has 2 nitrogen and oxygen atoms in total. The van der Waals surface area contributed by atoms with Gasteiger partial charge in [-0.2, -0.15) is 0 Å². The first kappa shape index (κ1) is 10.9. The van der Waals surface area contributed by atoms with Gasteiger partial charge in [-0.1, -0.05) is 30.3 Å². The second-order valence-electron chi connectivity index (χ2n) is 3.61. The van der Waals surface area contributed by atoms with Gasteiger partial charge in [0.25, 0.3) is 0 Å². The van der Waals surface area contributed by atoms with Crippen molar-refractivity contribution >= 4 is 22.2 Å². The van der Waals surface area contributed by atoms with Crippen molar-refractivity contribution in [1.29, 1.82) is 0 Å². The van der Waals surface area contributed by atoms with E-state index in [0.717, 1.165) is 11.4 Å². The van der Waals surface area contributed by atoms with E-state index >= 15 is 0 Å². The third kappa shape index (κ3) is 2.94. The Hall–Kier alpha value is -1.61. The molecule has 1 aromatic carbocycles. The van der Waals surface area contributed by atoms with Gasteiger partial charge in [0.2, 0.25) is 5.91 Å². The number of hydrogen-bond donors (Lipinski definition) is 1. The SMILES string of the molecule is CC(=O)Nc1ccc(Cc2ccccc2)s1. The number of anilines is 1. The molecule has 1 aromatic heterocycles. The van der Waals surface area contributed by atoms with Crippen LogP contribution < -0.4 is 5.32 Å². The fraction of sp³-hybridized carbons (Fsp3) is 0.154. The Balaban J connectivity index is 2.06. The molecule has 0 unspecified atom stereocenters. The summed E-state index contributed by atoms with van der Waals surface area (Å²) in [6, 6.07) is 14.3. The molecule has 2 rings (SSSR count). The number of carbonyl (C=O) groups is 1. The smallest absolute Gasteiger partial charge is 0.221 e. The molecular formula is C13H13NOS. The Morgan fingerprint density at radius 2 is 1.94 bits per heavy atom. The summed E-state index contributed by atoms with van der Waals surface area (Å²) in [6.45, 7) is 1.52. The predicted molar refractivity (Wildman–Crippen MR) is 67.9 cm³/mol. The van der Waals surface area contributed by atoms with Crippen LogP contribution in [0.3, 0.4) is 0 Å². The molecule has 1 amide bonds. The third-order valence-electron chi connectivity index (χ3n) is 2.18. The second kappa shape index (κ2) is 4.94.